The summed E-state index contributed by atoms with van der Waals surface area (Å²) in [6, 6.07) is 8.09. The van der Waals surface area contributed by atoms with Crippen LogP contribution >= 0.6 is 0 Å². The molecule has 0 atom stereocenters. The van der Waals surface area contributed by atoms with Crippen LogP contribution in [0.2, 0.25) is 0 Å². The zero-order chi connectivity index (χ0) is 14.4. The smallest absolute Gasteiger partial charge is 0.139 e. The number of aryl methyl sites for hydroxylation is 1. The van der Waals surface area contributed by atoms with Crippen LogP contribution in [0.15, 0.2) is 24.3 Å². The van der Waals surface area contributed by atoms with Gasteiger partial charge in [-0.15, -0.1) is 0 Å². The van der Waals surface area contributed by atoms with Crippen molar-refractivity contribution in [2.24, 2.45) is 0 Å². The summed E-state index contributed by atoms with van der Waals surface area (Å²) in [6.45, 7) is 6.21. The molecule has 2 rings (SSSR count). The number of rotatable bonds is 8. The van der Waals surface area contributed by atoms with Crippen LogP contribution in [0.3, 0.4) is 0 Å². The number of carbonyl (C=O) groups is 1. The topological polar surface area (TPSA) is 44.1 Å². The summed E-state index contributed by atoms with van der Waals surface area (Å²) in [5, 5.41) is 5.65. The third-order valence-electron chi connectivity index (χ3n) is 3.35. The largest absolute Gasteiger partial charge is 0.382 e. The predicted molar refractivity (Wildman–Crippen MR) is 79.8 cm³/mol. The fourth-order valence-corrected chi connectivity index (χ4v) is 2.36. The number of hydrogen-bond acceptors (Lipinski definition) is 3. The monoisotopic (exact) mass is 274 g/mol. The van der Waals surface area contributed by atoms with Gasteiger partial charge in [-0.2, -0.15) is 5.10 Å². The summed E-state index contributed by atoms with van der Waals surface area (Å²) in [6.07, 6.45) is 1.77. The molecule has 0 aliphatic heterocycles. The summed E-state index contributed by atoms with van der Waals surface area (Å²) < 4.78 is 7.21. The Bertz CT molecular complexity index is 575. The highest BCUT2D eigenvalue weighted by Crippen LogP contribution is 2.19. The van der Waals surface area contributed by atoms with Crippen LogP contribution in [0.5, 0.6) is 0 Å². The molecule has 1 heterocycles. The number of hydrogen-bond donors (Lipinski definition) is 0. The molecule has 108 valence electrons. The summed E-state index contributed by atoms with van der Waals surface area (Å²) in [5.74, 6) is 0.233. The standard InChI is InChI=1S/C16H22N2O2/c1-3-18-16-10-6-5-9-14(16)15(17-18)12-13(19)8-7-11-20-4-2/h5-6,9-10H,3-4,7-8,11-12H2,1-2H3. The molecule has 1 aromatic carbocycles. The molecule has 0 amide bonds. The van der Waals surface area contributed by atoms with Gasteiger partial charge >= 0.3 is 0 Å². The Morgan fingerprint density at radius 3 is 2.85 bits per heavy atom. The maximum absolute atomic E-state index is 12.0. The van der Waals surface area contributed by atoms with Gasteiger partial charge in [-0.05, 0) is 26.3 Å². The van der Waals surface area contributed by atoms with Gasteiger partial charge in [0.15, 0.2) is 0 Å². The van der Waals surface area contributed by atoms with Crippen molar-refractivity contribution in [3.05, 3.63) is 30.0 Å². The summed E-state index contributed by atoms with van der Waals surface area (Å²) >= 11 is 0. The van der Waals surface area contributed by atoms with Crippen molar-refractivity contribution < 1.29 is 9.53 Å². The van der Waals surface area contributed by atoms with Crippen molar-refractivity contribution in [3.8, 4) is 0 Å². The lowest BCUT2D eigenvalue weighted by molar-refractivity contribution is -0.118. The molecule has 2 aromatic rings. The van der Waals surface area contributed by atoms with Gasteiger partial charge in [-0.1, -0.05) is 18.2 Å². The number of nitrogens with zero attached hydrogens (tertiary/aromatic N) is 2. The van der Waals surface area contributed by atoms with Gasteiger partial charge in [0.05, 0.1) is 17.6 Å². The Kier molecular flexibility index (Phi) is 5.30. The van der Waals surface area contributed by atoms with Crippen molar-refractivity contribution in [3.63, 3.8) is 0 Å². The van der Waals surface area contributed by atoms with Gasteiger partial charge in [0.2, 0.25) is 0 Å². The zero-order valence-electron chi connectivity index (χ0n) is 12.3. The van der Waals surface area contributed by atoms with E-state index in [-0.39, 0.29) is 5.78 Å². The maximum Gasteiger partial charge on any atom is 0.139 e. The number of carbonyl (C=O) groups excluding carboxylic acids is 1. The Hall–Kier alpha value is -1.68. The quantitative estimate of drug-likeness (QED) is 0.695. The number of ether oxygens (including phenoxy) is 1. The lowest BCUT2D eigenvalue weighted by Crippen LogP contribution is -2.06. The van der Waals surface area contributed by atoms with Crippen LogP contribution in [0.25, 0.3) is 10.9 Å². The molecule has 0 unspecified atom stereocenters. The molecule has 0 aliphatic carbocycles. The highest BCUT2D eigenvalue weighted by molar-refractivity contribution is 5.88. The molecule has 0 bridgehead atoms. The highest BCUT2D eigenvalue weighted by atomic mass is 16.5. The highest BCUT2D eigenvalue weighted by Gasteiger charge is 2.12. The first kappa shape index (κ1) is 14.7. The summed E-state index contributed by atoms with van der Waals surface area (Å²) in [5.41, 5.74) is 2.00. The first-order valence-corrected chi connectivity index (χ1v) is 7.30. The third-order valence-corrected chi connectivity index (χ3v) is 3.35. The van der Waals surface area contributed by atoms with Crippen LogP contribution in [0.1, 0.15) is 32.4 Å². The first-order chi connectivity index (χ1) is 9.76. The van der Waals surface area contributed by atoms with E-state index in [2.05, 4.69) is 18.1 Å². The second kappa shape index (κ2) is 7.20. The van der Waals surface area contributed by atoms with Crippen molar-refractivity contribution >= 4 is 16.7 Å². The van der Waals surface area contributed by atoms with E-state index in [0.29, 0.717) is 26.1 Å². The Morgan fingerprint density at radius 1 is 1.30 bits per heavy atom. The molecule has 0 spiro atoms. The molecule has 4 heteroatoms. The van der Waals surface area contributed by atoms with Crippen molar-refractivity contribution in [1.29, 1.82) is 0 Å². The van der Waals surface area contributed by atoms with Gasteiger partial charge in [-0.25, -0.2) is 0 Å². The molecule has 0 aliphatic rings. The van der Waals surface area contributed by atoms with E-state index in [0.717, 1.165) is 29.6 Å². The van der Waals surface area contributed by atoms with Crippen molar-refractivity contribution in [2.75, 3.05) is 13.2 Å². The lowest BCUT2D eigenvalue weighted by atomic mass is 10.1. The average Bonchev–Trinajstić information content (AvgIpc) is 2.82. The van der Waals surface area contributed by atoms with Crippen LogP contribution in [0, 0.1) is 0 Å². The molecule has 1 aromatic heterocycles. The van der Waals surface area contributed by atoms with Crippen LogP contribution in [-0.2, 0) is 22.5 Å². The normalized spacial score (nSPS) is 11.1. The SMILES string of the molecule is CCOCCCC(=O)Cc1nn(CC)c2ccccc12. The summed E-state index contributed by atoms with van der Waals surface area (Å²) in [7, 11) is 0. The number of aromatic nitrogens is 2. The van der Waals surface area contributed by atoms with Crippen LogP contribution < -0.4 is 0 Å². The minimum Gasteiger partial charge on any atom is -0.382 e. The van der Waals surface area contributed by atoms with E-state index in [9.17, 15) is 4.79 Å². The molecule has 0 radical (unpaired) electrons. The molecule has 20 heavy (non-hydrogen) atoms. The number of Topliss-reactive ketones (excluding diaryl/α,β-unsaturated/α-hetero) is 1. The third kappa shape index (κ3) is 3.45. The summed E-state index contributed by atoms with van der Waals surface area (Å²) in [4.78, 5) is 12.0. The molecule has 4 nitrogen and oxygen atoms in total. The van der Waals surface area contributed by atoms with Gasteiger partial charge in [0.1, 0.15) is 5.78 Å². The Balaban J connectivity index is 2.04. The van der Waals surface area contributed by atoms with Gasteiger partial charge in [-0.3, -0.25) is 9.48 Å². The number of ketones is 1. The van der Waals surface area contributed by atoms with E-state index >= 15 is 0 Å². The van der Waals surface area contributed by atoms with E-state index in [1.165, 1.54) is 0 Å². The minimum absolute atomic E-state index is 0.233. The Morgan fingerprint density at radius 2 is 2.10 bits per heavy atom. The maximum atomic E-state index is 12.0. The van der Waals surface area contributed by atoms with E-state index in [4.69, 9.17) is 4.74 Å². The van der Waals surface area contributed by atoms with Gasteiger partial charge in [0, 0.05) is 31.6 Å². The fourth-order valence-electron chi connectivity index (χ4n) is 2.36. The predicted octanol–water partition coefficient (Wildman–Crippen LogP) is 2.98. The number of fused-ring (bicyclic) bond motifs is 1. The fraction of sp³-hybridized carbons (Fsp3) is 0.500. The molecular formula is C16H22N2O2. The van der Waals surface area contributed by atoms with E-state index in [1.54, 1.807) is 0 Å². The Labute approximate surface area is 119 Å². The molecule has 0 N–H and O–H groups in total. The zero-order valence-corrected chi connectivity index (χ0v) is 12.3. The van der Waals surface area contributed by atoms with Gasteiger partial charge < -0.3 is 4.74 Å². The van der Waals surface area contributed by atoms with E-state index < -0.39 is 0 Å². The second-order valence-corrected chi connectivity index (χ2v) is 4.80. The molecule has 0 saturated heterocycles. The number of benzene rings is 1. The molecular weight excluding hydrogens is 252 g/mol. The van der Waals surface area contributed by atoms with Gasteiger partial charge in [0.25, 0.3) is 0 Å². The number of para-hydroxylation sites is 1. The van der Waals surface area contributed by atoms with Crippen molar-refractivity contribution in [2.45, 2.75) is 39.7 Å². The second-order valence-electron chi connectivity index (χ2n) is 4.80. The van der Waals surface area contributed by atoms with Crippen molar-refractivity contribution in [1.82, 2.24) is 9.78 Å². The average molecular weight is 274 g/mol. The van der Waals surface area contributed by atoms with E-state index in [1.807, 2.05) is 29.8 Å². The van der Waals surface area contributed by atoms with Crippen LogP contribution in [-0.4, -0.2) is 28.8 Å². The minimum atomic E-state index is 0.233. The van der Waals surface area contributed by atoms with Crippen LogP contribution in [0.4, 0.5) is 0 Å². The molecule has 0 saturated carbocycles. The molecule has 0 fully saturated rings. The first-order valence-electron chi connectivity index (χ1n) is 7.30. The lowest BCUT2D eigenvalue weighted by Gasteiger charge is -2.00.